The van der Waals surface area contributed by atoms with Crippen LogP contribution >= 0.6 is 0 Å². The van der Waals surface area contributed by atoms with Crippen molar-refractivity contribution >= 4 is 0 Å². The van der Waals surface area contributed by atoms with Crippen LogP contribution in [0, 0.1) is 0 Å². The fraction of sp³-hybridized carbons (Fsp3) is 0. The Labute approximate surface area is 77.7 Å². The van der Waals surface area contributed by atoms with Crippen LogP contribution < -0.4 is 0 Å². The molecule has 0 atom stereocenters. The molecule has 0 unspecified atom stereocenters. The maximum Gasteiger partial charge on any atom is 3.00 e. The summed E-state index contributed by atoms with van der Waals surface area (Å²) in [6, 6.07) is 0. The van der Waals surface area contributed by atoms with Crippen molar-refractivity contribution in [3.63, 3.8) is 0 Å². The molecule has 6 heavy (non-hydrogen) atoms. The molecule has 48 valence electrons. The largest absolute Gasteiger partial charge is 3.00 e. The average molecular weight is 409 g/mol. The minimum absolute atomic E-state index is 0. The van der Waals surface area contributed by atoms with Gasteiger partial charge in [0.15, 0.2) is 0 Å². The van der Waals surface area contributed by atoms with E-state index in [1.807, 2.05) is 0 Å². The van der Waals surface area contributed by atoms with Gasteiger partial charge in [-0.1, -0.05) is 0 Å². The first-order valence-corrected chi connectivity index (χ1v) is 0. The molecular weight excluding hydrogens is 409 g/mol. The predicted molar refractivity (Wildman–Crippen MR) is 2.06 cm³/mol. The summed E-state index contributed by atoms with van der Waals surface area (Å²) in [5, 5.41) is 0. The molecule has 0 aliphatic rings. The molecule has 0 radical (unpaired) electrons. The van der Waals surface area contributed by atoms with Crippen molar-refractivity contribution in [2.45, 2.75) is 0 Å². The fourth-order valence-electron chi connectivity index (χ4n) is 0. The van der Waals surface area contributed by atoms with Gasteiger partial charge in [0.25, 0.3) is 0 Å². The van der Waals surface area contributed by atoms with Crippen LogP contribution in [0.2, 0.25) is 0 Å². The molecule has 0 saturated heterocycles. The van der Waals surface area contributed by atoms with E-state index < -0.39 is 0 Å². The molecule has 0 amide bonds. The molecule has 0 aliphatic carbocycles. The molecule has 0 N–H and O–H groups in total. The standard InChI is InChI=1S/Ag.Au.Fe.3O/q+1;+3;+2;3*-2. The van der Waals surface area contributed by atoms with Crippen molar-refractivity contribution in [1.82, 2.24) is 0 Å². The minimum Gasteiger partial charge on any atom is -2.00 e. The molecule has 0 fully saturated rings. The molecule has 0 bridgehead atoms. The first-order valence-electron chi connectivity index (χ1n) is 0. The normalized spacial score (nSPS) is 0. The van der Waals surface area contributed by atoms with Gasteiger partial charge in [-0.3, -0.25) is 0 Å². The zero-order valence-corrected chi connectivity index (χ0v) is 6.93. The molecule has 0 heterocycles. The van der Waals surface area contributed by atoms with E-state index in [9.17, 15) is 0 Å². The van der Waals surface area contributed by atoms with Gasteiger partial charge in [-0.05, 0) is 0 Å². The van der Waals surface area contributed by atoms with E-state index in [-0.39, 0.29) is 78.3 Å². The van der Waals surface area contributed by atoms with E-state index in [1.54, 1.807) is 0 Å². The van der Waals surface area contributed by atoms with Crippen LogP contribution in [-0.2, 0) is 78.3 Å². The maximum absolute atomic E-state index is 0. The van der Waals surface area contributed by atoms with Crippen molar-refractivity contribution in [3.8, 4) is 0 Å². The Morgan fingerprint density at radius 3 is 0.667 bits per heavy atom. The van der Waals surface area contributed by atoms with Crippen molar-refractivity contribution in [2.75, 3.05) is 0 Å². The van der Waals surface area contributed by atoms with Crippen LogP contribution in [0.4, 0.5) is 0 Å². The van der Waals surface area contributed by atoms with E-state index in [0.29, 0.717) is 0 Å². The third kappa shape index (κ3) is 39.6. The molecule has 0 aromatic heterocycles. The van der Waals surface area contributed by atoms with E-state index in [4.69, 9.17) is 0 Å². The zero-order chi connectivity index (χ0) is 0. The molecule has 0 rings (SSSR count). The predicted octanol–water partition coefficient (Wildman–Crippen LogP) is -0.364. The van der Waals surface area contributed by atoms with Crippen LogP contribution in [0.3, 0.4) is 0 Å². The van der Waals surface area contributed by atoms with Crippen molar-refractivity contribution in [3.05, 3.63) is 0 Å². The van der Waals surface area contributed by atoms with Crippen LogP contribution in [0.5, 0.6) is 0 Å². The molecule has 0 spiro atoms. The van der Waals surface area contributed by atoms with Gasteiger partial charge in [0.05, 0.1) is 0 Å². The number of hydrogen-bond acceptors (Lipinski definition) is 0. The third-order valence-electron chi connectivity index (χ3n) is 0. The maximum atomic E-state index is 0. The van der Waals surface area contributed by atoms with E-state index in [2.05, 4.69) is 0 Å². The summed E-state index contributed by atoms with van der Waals surface area (Å²) in [5.74, 6) is 0. The Balaban J connectivity index is 0. The van der Waals surface area contributed by atoms with Gasteiger partial charge >= 0.3 is 61.8 Å². The van der Waals surface area contributed by atoms with Gasteiger partial charge in [-0.25, -0.2) is 0 Å². The van der Waals surface area contributed by atoms with E-state index >= 15 is 0 Å². The topological polar surface area (TPSA) is 85.5 Å². The van der Waals surface area contributed by atoms with E-state index in [1.165, 1.54) is 0 Å². The fourth-order valence-corrected chi connectivity index (χ4v) is 0. The van der Waals surface area contributed by atoms with Gasteiger partial charge in [0, 0.05) is 0 Å². The minimum atomic E-state index is 0. The van der Waals surface area contributed by atoms with Gasteiger partial charge in [0.2, 0.25) is 0 Å². The number of hydrogen-bond donors (Lipinski definition) is 0. The van der Waals surface area contributed by atoms with Gasteiger partial charge in [-0.2, -0.15) is 0 Å². The zero-order valence-electron chi connectivity index (χ0n) is 2.18. The molecule has 3 nitrogen and oxygen atoms in total. The summed E-state index contributed by atoms with van der Waals surface area (Å²) in [6.07, 6.45) is 0. The van der Waals surface area contributed by atoms with Gasteiger partial charge in [0.1, 0.15) is 0 Å². The smallest absolute Gasteiger partial charge is 2.00 e. The van der Waals surface area contributed by atoms with Gasteiger partial charge in [-0.15, -0.1) is 0 Å². The SMILES string of the molecule is [Ag+].[Au+3].[Fe+2].[O-2].[O-2].[O-2]. The second-order valence-corrected chi connectivity index (χ2v) is 0. The van der Waals surface area contributed by atoms with Crippen LogP contribution in [0.15, 0.2) is 0 Å². The first-order chi connectivity index (χ1) is 0. The number of rotatable bonds is 0. The van der Waals surface area contributed by atoms with Crippen LogP contribution in [0.1, 0.15) is 0 Å². The summed E-state index contributed by atoms with van der Waals surface area (Å²) in [4.78, 5) is 0. The first kappa shape index (κ1) is 106. The molecule has 0 aromatic carbocycles. The third-order valence-corrected chi connectivity index (χ3v) is 0. The van der Waals surface area contributed by atoms with Crippen molar-refractivity contribution in [1.29, 1.82) is 0 Å². The summed E-state index contributed by atoms with van der Waals surface area (Å²) in [6.45, 7) is 0. The van der Waals surface area contributed by atoms with Crippen LogP contribution in [0.25, 0.3) is 0 Å². The monoisotopic (exact) mass is 408 g/mol. The Kier molecular flexibility index (Phi) is 1180. The Bertz CT molecular complexity index is 10.8. The summed E-state index contributed by atoms with van der Waals surface area (Å²) < 4.78 is 0. The van der Waals surface area contributed by atoms with Gasteiger partial charge < -0.3 is 16.4 Å². The molecule has 6 heteroatoms. The summed E-state index contributed by atoms with van der Waals surface area (Å²) in [7, 11) is 0. The Morgan fingerprint density at radius 2 is 0.667 bits per heavy atom. The second kappa shape index (κ2) is 67.3. The van der Waals surface area contributed by atoms with Crippen LogP contribution in [-0.4, -0.2) is 0 Å². The summed E-state index contributed by atoms with van der Waals surface area (Å²) >= 11 is 0. The molecule has 0 aliphatic heterocycles. The molecule has 0 aromatic rings. The average Bonchev–Trinajstić information content (AvgIpc) is 0. The van der Waals surface area contributed by atoms with Crippen molar-refractivity contribution < 1.29 is 78.3 Å². The quantitative estimate of drug-likeness (QED) is 0.490. The second-order valence-electron chi connectivity index (χ2n) is 0. The van der Waals surface area contributed by atoms with Crippen molar-refractivity contribution in [2.24, 2.45) is 0 Å². The Morgan fingerprint density at radius 1 is 0.667 bits per heavy atom. The van der Waals surface area contributed by atoms with E-state index in [0.717, 1.165) is 0 Å². The molecule has 0 saturated carbocycles. The Hall–Kier alpha value is 1.88. The summed E-state index contributed by atoms with van der Waals surface area (Å²) in [5.41, 5.74) is 0. The molecular formula is AgAuFeO3.